The Morgan fingerprint density at radius 1 is 1.47 bits per heavy atom. The third kappa shape index (κ3) is 5.64. The molecule has 0 radical (unpaired) electrons. The zero-order valence-electron chi connectivity index (χ0n) is 7.80. The molecule has 8 heteroatoms. The van der Waals surface area contributed by atoms with Crippen LogP contribution in [0.15, 0.2) is 18.3 Å². The molecule has 3 N–H and O–H groups in total. The van der Waals surface area contributed by atoms with Crippen molar-refractivity contribution in [3.63, 3.8) is 0 Å². The summed E-state index contributed by atoms with van der Waals surface area (Å²) < 4.78 is 4.50. The van der Waals surface area contributed by atoms with Crippen LogP contribution in [0.5, 0.6) is 0 Å². The lowest BCUT2D eigenvalue weighted by Gasteiger charge is -2.00. The minimum absolute atomic E-state index is 0. The highest BCUT2D eigenvalue weighted by Crippen LogP contribution is 2.05. The highest BCUT2D eigenvalue weighted by Gasteiger charge is 2.04. The number of halogens is 3. The second kappa shape index (κ2) is 9.79. The quantitative estimate of drug-likeness (QED) is 0.485. The van der Waals surface area contributed by atoms with E-state index < -0.39 is 5.97 Å². The van der Waals surface area contributed by atoms with Gasteiger partial charge < -0.3 is 10.2 Å². The van der Waals surface area contributed by atoms with Crippen LogP contribution in [0.3, 0.4) is 0 Å². The highest BCUT2D eigenvalue weighted by atomic mass is 35.5. The molecular weight excluding hydrogens is 264 g/mol. The van der Waals surface area contributed by atoms with Gasteiger partial charge in [0.15, 0.2) is 0 Å². The van der Waals surface area contributed by atoms with Gasteiger partial charge in [0.2, 0.25) is 0 Å². The average Bonchev–Trinajstić information content (AvgIpc) is 2.17. The lowest BCUT2D eigenvalue weighted by molar-refractivity contribution is 0.0600. The Labute approximate surface area is 106 Å². The monoisotopic (exact) mass is 275 g/mol. The molecule has 5 nitrogen and oxygen atoms in total. The van der Waals surface area contributed by atoms with Crippen LogP contribution in [0.2, 0.25) is 0 Å². The van der Waals surface area contributed by atoms with Crippen molar-refractivity contribution in [2.24, 2.45) is 5.84 Å². The van der Waals surface area contributed by atoms with Gasteiger partial charge >= 0.3 is 5.97 Å². The number of hydrogen-bond donors (Lipinski definition) is 2. The molecule has 1 aromatic rings. The Morgan fingerprint density at radius 2 is 2.07 bits per heavy atom. The smallest absolute Gasteiger partial charge is 0.338 e. The van der Waals surface area contributed by atoms with Crippen molar-refractivity contribution < 1.29 is 9.53 Å². The van der Waals surface area contributed by atoms with E-state index in [0.29, 0.717) is 11.4 Å². The highest BCUT2D eigenvalue weighted by molar-refractivity contribution is 5.89. The summed E-state index contributed by atoms with van der Waals surface area (Å²) in [6.07, 6.45) is 1.47. The first-order chi connectivity index (χ1) is 5.77. The maximum Gasteiger partial charge on any atom is 0.338 e. The fourth-order valence-corrected chi connectivity index (χ4v) is 0.754. The number of rotatable bonds is 2. The average molecular weight is 277 g/mol. The van der Waals surface area contributed by atoms with Crippen LogP contribution in [0.4, 0.5) is 5.82 Å². The Kier molecular flexibility index (Phi) is 12.9. The molecule has 0 fully saturated rings. The van der Waals surface area contributed by atoms with Crippen molar-refractivity contribution in [2.75, 3.05) is 12.5 Å². The Bertz CT molecular complexity index is 299. The number of anilines is 1. The summed E-state index contributed by atoms with van der Waals surface area (Å²) in [7, 11) is 1.32. The second-order valence-corrected chi connectivity index (χ2v) is 2.07. The van der Waals surface area contributed by atoms with E-state index in [1.807, 2.05) is 0 Å². The van der Waals surface area contributed by atoms with Crippen LogP contribution < -0.4 is 11.3 Å². The molecule has 0 aromatic carbocycles. The van der Waals surface area contributed by atoms with Crippen LogP contribution in [-0.4, -0.2) is 18.1 Å². The van der Waals surface area contributed by atoms with Crippen molar-refractivity contribution >= 4 is 49.0 Å². The zero-order chi connectivity index (χ0) is 8.97. The number of hydrogen-bond acceptors (Lipinski definition) is 5. The summed E-state index contributed by atoms with van der Waals surface area (Å²) in [4.78, 5) is 14.8. The number of nitrogens with zero attached hydrogens (tertiary/aromatic N) is 1. The summed E-state index contributed by atoms with van der Waals surface area (Å²) in [5.74, 6) is 5.12. The van der Waals surface area contributed by atoms with Crippen molar-refractivity contribution in [1.29, 1.82) is 0 Å². The van der Waals surface area contributed by atoms with Gasteiger partial charge in [-0.3, -0.25) is 0 Å². The van der Waals surface area contributed by atoms with Crippen molar-refractivity contribution in [3.8, 4) is 0 Å². The van der Waals surface area contributed by atoms with Crippen LogP contribution in [0.25, 0.3) is 0 Å². The molecule has 1 rings (SSSR count). The fraction of sp³-hybridized carbons (Fsp3) is 0.143. The standard InChI is InChI=1S/C7H9N3O2.3ClH/c1-12-7(11)5-2-3-9-6(4-5)10-8;;;/h2-4H,8H2,1H3,(H,9,10);3*1H. The molecule has 0 atom stereocenters. The third-order valence-electron chi connectivity index (χ3n) is 1.33. The van der Waals surface area contributed by atoms with Gasteiger partial charge in [0, 0.05) is 6.20 Å². The second-order valence-electron chi connectivity index (χ2n) is 2.07. The number of esters is 1. The summed E-state index contributed by atoms with van der Waals surface area (Å²) in [5.41, 5.74) is 2.74. The molecule has 0 saturated carbocycles. The van der Waals surface area contributed by atoms with Crippen LogP contribution >= 0.6 is 37.2 Å². The van der Waals surface area contributed by atoms with E-state index in [0.717, 1.165) is 0 Å². The number of ether oxygens (including phenoxy) is 1. The topological polar surface area (TPSA) is 77.2 Å². The molecule has 0 saturated heterocycles. The maximum atomic E-state index is 11.0. The third-order valence-corrected chi connectivity index (χ3v) is 1.33. The Morgan fingerprint density at radius 3 is 2.53 bits per heavy atom. The molecule has 0 bridgehead atoms. The van der Waals surface area contributed by atoms with Gasteiger partial charge in [-0.1, -0.05) is 0 Å². The number of carbonyl (C=O) groups excluding carboxylic acids is 1. The van der Waals surface area contributed by atoms with Gasteiger partial charge in [0.1, 0.15) is 5.82 Å². The van der Waals surface area contributed by atoms with Gasteiger partial charge in [-0.2, -0.15) is 0 Å². The van der Waals surface area contributed by atoms with Gasteiger partial charge in [0.05, 0.1) is 12.7 Å². The van der Waals surface area contributed by atoms with E-state index in [-0.39, 0.29) is 37.2 Å². The van der Waals surface area contributed by atoms with Gasteiger partial charge in [-0.05, 0) is 12.1 Å². The number of nitrogens with two attached hydrogens (primary N) is 1. The summed E-state index contributed by atoms with van der Waals surface area (Å²) >= 11 is 0. The van der Waals surface area contributed by atoms with E-state index in [1.165, 1.54) is 19.4 Å². The van der Waals surface area contributed by atoms with Crippen LogP contribution in [0.1, 0.15) is 10.4 Å². The lowest BCUT2D eigenvalue weighted by Crippen LogP contribution is -2.10. The number of nitrogen functional groups attached to an aromatic ring is 1. The van der Waals surface area contributed by atoms with Crippen molar-refractivity contribution in [1.82, 2.24) is 4.98 Å². The molecule has 0 aliphatic heterocycles. The summed E-state index contributed by atoms with van der Waals surface area (Å²) in [6.45, 7) is 0. The van der Waals surface area contributed by atoms with Crippen LogP contribution in [-0.2, 0) is 4.74 Å². The molecule has 15 heavy (non-hydrogen) atoms. The summed E-state index contributed by atoms with van der Waals surface area (Å²) in [5, 5.41) is 0. The molecule has 0 unspecified atom stereocenters. The first-order valence-corrected chi connectivity index (χ1v) is 3.29. The lowest BCUT2D eigenvalue weighted by atomic mass is 10.3. The number of aromatic nitrogens is 1. The van der Waals surface area contributed by atoms with E-state index in [2.05, 4.69) is 15.1 Å². The minimum Gasteiger partial charge on any atom is -0.465 e. The molecule has 0 spiro atoms. The molecule has 0 amide bonds. The van der Waals surface area contributed by atoms with Crippen molar-refractivity contribution in [3.05, 3.63) is 23.9 Å². The predicted molar refractivity (Wildman–Crippen MR) is 65.1 cm³/mol. The number of nitrogens with one attached hydrogen (secondary N) is 1. The van der Waals surface area contributed by atoms with Gasteiger partial charge in [-0.25, -0.2) is 15.6 Å². The normalized spacial score (nSPS) is 7.33. The number of pyridine rings is 1. The number of methoxy groups -OCH3 is 1. The van der Waals surface area contributed by atoms with Crippen LogP contribution in [0, 0.1) is 0 Å². The molecule has 88 valence electrons. The van der Waals surface area contributed by atoms with Gasteiger partial charge in [-0.15, -0.1) is 37.2 Å². The van der Waals surface area contributed by atoms with Crippen molar-refractivity contribution in [2.45, 2.75) is 0 Å². The van der Waals surface area contributed by atoms with E-state index in [1.54, 1.807) is 6.07 Å². The van der Waals surface area contributed by atoms with E-state index in [9.17, 15) is 4.79 Å². The number of hydrazine groups is 1. The number of carbonyl (C=O) groups is 1. The van der Waals surface area contributed by atoms with E-state index in [4.69, 9.17) is 5.84 Å². The SMILES string of the molecule is COC(=O)c1ccnc(NN)c1.Cl.Cl.Cl. The summed E-state index contributed by atoms with van der Waals surface area (Å²) in [6, 6.07) is 3.05. The molecule has 0 aliphatic rings. The zero-order valence-corrected chi connectivity index (χ0v) is 10.2. The Hall–Kier alpha value is -0.750. The predicted octanol–water partition coefficient (Wildman–Crippen LogP) is 1.42. The first kappa shape index (κ1) is 19.8. The van der Waals surface area contributed by atoms with E-state index >= 15 is 0 Å². The minimum atomic E-state index is -0.408. The molecular formula is C7H12Cl3N3O2. The fourth-order valence-electron chi connectivity index (χ4n) is 0.754. The first-order valence-electron chi connectivity index (χ1n) is 3.29. The van der Waals surface area contributed by atoms with Gasteiger partial charge in [0.25, 0.3) is 0 Å². The Balaban J connectivity index is -0.000000480. The maximum absolute atomic E-state index is 11.0. The largest absolute Gasteiger partial charge is 0.465 e. The molecule has 0 aliphatic carbocycles. The molecule has 1 aromatic heterocycles. The molecule has 1 heterocycles.